The fourth-order valence-corrected chi connectivity index (χ4v) is 1.51. The minimum Gasteiger partial charge on any atom is -0.308 e. The van der Waals surface area contributed by atoms with Crippen molar-refractivity contribution in [2.45, 2.75) is 33.1 Å². The molecule has 0 unspecified atom stereocenters. The molecule has 0 N–H and O–H groups in total. The quantitative estimate of drug-likeness (QED) is 0.621. The van der Waals surface area contributed by atoms with Gasteiger partial charge in [0.25, 0.3) is 0 Å². The zero-order valence-electron chi connectivity index (χ0n) is 9.20. The Kier molecular flexibility index (Phi) is 1.88. The van der Waals surface area contributed by atoms with Gasteiger partial charge in [-0.15, -0.1) is 0 Å². The predicted molar refractivity (Wildman–Crippen MR) is 58.6 cm³/mol. The van der Waals surface area contributed by atoms with Crippen molar-refractivity contribution in [2.75, 3.05) is 0 Å². The van der Waals surface area contributed by atoms with E-state index in [0.717, 1.165) is 5.65 Å². The number of hydrogen-bond acceptors (Lipinski definition) is 1. The fraction of sp³-hybridized carbons (Fsp3) is 0.417. The van der Waals surface area contributed by atoms with Gasteiger partial charge in [0.05, 0.1) is 0 Å². The van der Waals surface area contributed by atoms with Crippen LogP contribution >= 0.6 is 0 Å². The molecule has 0 aromatic carbocycles. The highest BCUT2D eigenvalue weighted by Gasteiger charge is 2.15. The van der Waals surface area contributed by atoms with Gasteiger partial charge in [0.2, 0.25) is 0 Å². The average Bonchev–Trinajstić information content (AvgIpc) is 2.45. The number of fused-ring (bicyclic) bond motifs is 1. The van der Waals surface area contributed by atoms with Gasteiger partial charge in [0, 0.05) is 18.6 Å². The largest absolute Gasteiger partial charge is 0.308 e. The molecule has 0 aliphatic heterocycles. The van der Waals surface area contributed by atoms with Crippen molar-refractivity contribution in [1.29, 1.82) is 0 Å². The van der Waals surface area contributed by atoms with Crippen LogP contribution in [0.3, 0.4) is 0 Å². The second-order valence-electron chi connectivity index (χ2n) is 4.88. The lowest BCUT2D eigenvalue weighted by Crippen LogP contribution is -2.09. The Morgan fingerprint density at radius 1 is 1.21 bits per heavy atom. The Morgan fingerprint density at radius 2 is 1.93 bits per heavy atom. The molecule has 0 saturated heterocycles. The maximum Gasteiger partial charge on any atom is 0.136 e. The molecule has 0 fully saturated rings. The number of aryl methyl sites for hydroxylation is 1. The van der Waals surface area contributed by atoms with Gasteiger partial charge in [0.1, 0.15) is 5.65 Å². The second kappa shape index (κ2) is 2.84. The minimum atomic E-state index is 0.196. The van der Waals surface area contributed by atoms with Crippen molar-refractivity contribution >= 4 is 5.65 Å². The first-order valence-electron chi connectivity index (χ1n) is 4.92. The highest BCUT2D eigenvalue weighted by molar-refractivity contribution is 5.45. The van der Waals surface area contributed by atoms with Crippen LogP contribution in [0.4, 0.5) is 0 Å². The smallest absolute Gasteiger partial charge is 0.136 e. The lowest BCUT2D eigenvalue weighted by Gasteiger charge is -2.15. The van der Waals surface area contributed by atoms with Gasteiger partial charge in [0.15, 0.2) is 0 Å². The van der Waals surface area contributed by atoms with Gasteiger partial charge in [-0.25, -0.2) is 4.98 Å². The van der Waals surface area contributed by atoms with Gasteiger partial charge < -0.3 is 4.40 Å². The van der Waals surface area contributed by atoms with Crippen LogP contribution in [0.15, 0.2) is 24.7 Å². The predicted octanol–water partition coefficient (Wildman–Crippen LogP) is 2.94. The summed E-state index contributed by atoms with van der Waals surface area (Å²) in [7, 11) is 0. The zero-order chi connectivity index (χ0) is 10.3. The molecular weight excluding hydrogens is 172 g/mol. The van der Waals surface area contributed by atoms with E-state index >= 15 is 0 Å². The van der Waals surface area contributed by atoms with Gasteiger partial charge in [-0.1, -0.05) is 20.8 Å². The summed E-state index contributed by atoms with van der Waals surface area (Å²) in [4.78, 5) is 4.38. The van der Waals surface area contributed by atoms with Crippen LogP contribution in [0, 0.1) is 6.92 Å². The van der Waals surface area contributed by atoms with E-state index in [1.54, 1.807) is 0 Å². The lowest BCUT2D eigenvalue weighted by molar-refractivity contribution is 0.590. The summed E-state index contributed by atoms with van der Waals surface area (Å²) < 4.78 is 2.09. The molecule has 2 aromatic rings. The monoisotopic (exact) mass is 188 g/mol. The summed E-state index contributed by atoms with van der Waals surface area (Å²) in [5.74, 6) is 0. The van der Waals surface area contributed by atoms with Crippen LogP contribution in [-0.2, 0) is 5.41 Å². The van der Waals surface area contributed by atoms with Crippen molar-refractivity contribution in [3.63, 3.8) is 0 Å². The number of rotatable bonds is 0. The molecule has 0 atom stereocenters. The Balaban J connectivity index is 2.63. The third-order valence-electron chi connectivity index (χ3n) is 2.44. The van der Waals surface area contributed by atoms with Crippen molar-refractivity contribution in [1.82, 2.24) is 9.38 Å². The van der Waals surface area contributed by atoms with Gasteiger partial charge in [-0.05, 0) is 29.5 Å². The first-order chi connectivity index (χ1) is 6.47. The molecule has 0 bridgehead atoms. The number of aromatic nitrogens is 2. The first-order valence-corrected chi connectivity index (χ1v) is 4.92. The maximum absolute atomic E-state index is 4.38. The summed E-state index contributed by atoms with van der Waals surface area (Å²) in [6.07, 6.45) is 6.18. The third kappa shape index (κ3) is 1.52. The Bertz CT molecular complexity index is 461. The van der Waals surface area contributed by atoms with E-state index < -0.39 is 0 Å². The van der Waals surface area contributed by atoms with Crippen molar-refractivity contribution in [3.8, 4) is 0 Å². The van der Waals surface area contributed by atoms with Crippen molar-refractivity contribution in [3.05, 3.63) is 35.8 Å². The molecule has 2 rings (SSSR count). The summed E-state index contributed by atoms with van der Waals surface area (Å²) in [5.41, 5.74) is 3.74. The normalized spacial score (nSPS) is 12.3. The summed E-state index contributed by atoms with van der Waals surface area (Å²) in [6, 6.07) is 2.15. The van der Waals surface area contributed by atoms with Crippen molar-refractivity contribution < 1.29 is 0 Å². The number of hydrogen-bond donors (Lipinski definition) is 0. The van der Waals surface area contributed by atoms with Crippen LogP contribution in [-0.4, -0.2) is 9.38 Å². The molecule has 0 saturated carbocycles. The van der Waals surface area contributed by atoms with Gasteiger partial charge in [-0.3, -0.25) is 0 Å². The second-order valence-corrected chi connectivity index (χ2v) is 4.88. The van der Waals surface area contributed by atoms with E-state index in [9.17, 15) is 0 Å². The molecule has 2 nitrogen and oxygen atoms in total. The molecule has 2 heteroatoms. The summed E-state index contributed by atoms with van der Waals surface area (Å²) in [6.45, 7) is 8.71. The topological polar surface area (TPSA) is 17.3 Å². The average molecular weight is 188 g/mol. The lowest BCUT2D eigenvalue weighted by atomic mass is 9.89. The molecule has 0 radical (unpaired) electrons. The fourth-order valence-electron chi connectivity index (χ4n) is 1.51. The van der Waals surface area contributed by atoms with Crippen LogP contribution in [0.1, 0.15) is 31.9 Å². The Labute approximate surface area is 84.6 Å². The van der Waals surface area contributed by atoms with Crippen LogP contribution in [0.2, 0.25) is 0 Å². The van der Waals surface area contributed by atoms with Crippen LogP contribution < -0.4 is 0 Å². The molecular formula is C12H16N2. The van der Waals surface area contributed by atoms with E-state index in [1.165, 1.54) is 11.1 Å². The zero-order valence-corrected chi connectivity index (χ0v) is 9.20. The van der Waals surface area contributed by atoms with E-state index in [2.05, 4.69) is 55.5 Å². The van der Waals surface area contributed by atoms with Gasteiger partial charge >= 0.3 is 0 Å². The van der Waals surface area contributed by atoms with Gasteiger partial charge in [-0.2, -0.15) is 0 Å². The Hall–Kier alpha value is -1.31. The van der Waals surface area contributed by atoms with Crippen LogP contribution in [0.5, 0.6) is 0 Å². The summed E-state index contributed by atoms with van der Waals surface area (Å²) in [5, 5.41) is 0. The molecule has 0 amide bonds. The van der Waals surface area contributed by atoms with E-state index in [-0.39, 0.29) is 5.41 Å². The molecule has 2 aromatic heterocycles. The SMILES string of the molecule is Cc1cnc2cc(C(C)(C)C)cn2c1. The first kappa shape index (κ1) is 9.25. The van der Waals surface area contributed by atoms with Crippen LogP contribution in [0.25, 0.3) is 5.65 Å². The number of nitrogens with zero attached hydrogens (tertiary/aromatic N) is 2. The minimum absolute atomic E-state index is 0.196. The highest BCUT2D eigenvalue weighted by Crippen LogP contribution is 2.23. The van der Waals surface area contributed by atoms with Crippen molar-refractivity contribution in [2.24, 2.45) is 0 Å². The molecule has 2 heterocycles. The maximum atomic E-state index is 4.38. The van der Waals surface area contributed by atoms with E-state index in [1.807, 2.05) is 6.20 Å². The standard InChI is InChI=1S/C12H16N2/c1-9-6-13-11-5-10(12(2,3)4)8-14(11)7-9/h5-8H,1-4H3. The summed E-state index contributed by atoms with van der Waals surface area (Å²) >= 11 is 0. The molecule has 14 heavy (non-hydrogen) atoms. The molecule has 74 valence electrons. The van der Waals surface area contributed by atoms with E-state index in [0.29, 0.717) is 0 Å². The third-order valence-corrected chi connectivity index (χ3v) is 2.44. The molecule has 0 aliphatic rings. The molecule has 0 spiro atoms. The van der Waals surface area contributed by atoms with E-state index in [4.69, 9.17) is 0 Å². The Morgan fingerprint density at radius 3 is 2.57 bits per heavy atom. The highest BCUT2D eigenvalue weighted by atomic mass is 15.0. The molecule has 0 aliphatic carbocycles.